The van der Waals surface area contributed by atoms with Crippen LogP contribution in [0.2, 0.25) is 0 Å². The third-order valence-corrected chi connectivity index (χ3v) is 10.4. The summed E-state index contributed by atoms with van der Waals surface area (Å²) in [7, 11) is 0. The first-order valence-corrected chi connectivity index (χ1v) is 12.9. The summed E-state index contributed by atoms with van der Waals surface area (Å²) in [6.45, 7) is 10.7. The van der Waals surface area contributed by atoms with E-state index in [0.717, 1.165) is 51.4 Å². The van der Waals surface area contributed by atoms with Gasteiger partial charge in [0.15, 0.2) is 0 Å². The van der Waals surface area contributed by atoms with Gasteiger partial charge in [-0.25, -0.2) is 0 Å². The van der Waals surface area contributed by atoms with Crippen LogP contribution in [-0.4, -0.2) is 44.3 Å². The summed E-state index contributed by atoms with van der Waals surface area (Å²) in [5.74, 6) is 1.84. The van der Waals surface area contributed by atoms with Crippen molar-refractivity contribution < 1.29 is 20.4 Å². The third kappa shape index (κ3) is 3.94. The monoisotopic (exact) mass is 434 g/mol. The number of hydrogen-bond donors (Lipinski definition) is 4. The molecule has 0 bridgehead atoms. The van der Waals surface area contributed by atoms with Crippen molar-refractivity contribution in [2.24, 2.45) is 40.4 Å². The van der Waals surface area contributed by atoms with Crippen LogP contribution in [0.25, 0.3) is 0 Å². The van der Waals surface area contributed by atoms with Crippen molar-refractivity contribution in [2.45, 2.75) is 116 Å². The van der Waals surface area contributed by atoms with E-state index >= 15 is 0 Å². The molecule has 0 radical (unpaired) electrons. The molecule has 10 atom stereocenters. The number of aliphatic hydroxyl groups excluding tert-OH is 3. The lowest BCUT2D eigenvalue weighted by Crippen LogP contribution is -2.59. The highest BCUT2D eigenvalue weighted by Crippen LogP contribution is 2.67. The summed E-state index contributed by atoms with van der Waals surface area (Å²) in [4.78, 5) is 0. The zero-order chi connectivity index (χ0) is 22.8. The molecule has 0 aliphatic heterocycles. The first kappa shape index (κ1) is 23.7. The molecule has 0 saturated heterocycles. The summed E-state index contributed by atoms with van der Waals surface area (Å²) in [6.07, 6.45) is 9.36. The Labute approximate surface area is 189 Å². The first-order valence-electron chi connectivity index (χ1n) is 12.9. The van der Waals surface area contributed by atoms with Crippen LogP contribution in [0.4, 0.5) is 0 Å². The van der Waals surface area contributed by atoms with Crippen LogP contribution < -0.4 is 0 Å². The highest BCUT2D eigenvalue weighted by molar-refractivity contribution is 5.28. The molecular formula is C27H46O4. The molecule has 3 fully saturated rings. The summed E-state index contributed by atoms with van der Waals surface area (Å²) in [5.41, 5.74) is 0.470. The molecule has 31 heavy (non-hydrogen) atoms. The zero-order valence-corrected chi connectivity index (χ0v) is 20.3. The summed E-state index contributed by atoms with van der Waals surface area (Å²) < 4.78 is 0. The number of fused-ring (bicyclic) bond motifs is 5. The van der Waals surface area contributed by atoms with Gasteiger partial charge >= 0.3 is 0 Å². The maximum Gasteiger partial charge on any atom is 0.0757 e. The fourth-order valence-electron chi connectivity index (χ4n) is 8.62. The van der Waals surface area contributed by atoms with Gasteiger partial charge in [0.05, 0.1) is 23.9 Å². The molecule has 4 heteroatoms. The number of rotatable bonds is 5. The van der Waals surface area contributed by atoms with Crippen LogP contribution in [0.15, 0.2) is 11.6 Å². The van der Waals surface area contributed by atoms with Gasteiger partial charge in [0.25, 0.3) is 0 Å². The number of hydrogen-bond acceptors (Lipinski definition) is 4. The van der Waals surface area contributed by atoms with Crippen molar-refractivity contribution in [2.75, 3.05) is 0 Å². The Bertz CT molecular complexity index is 696. The molecule has 0 spiro atoms. The molecule has 0 aromatic heterocycles. The van der Waals surface area contributed by atoms with Gasteiger partial charge in [-0.2, -0.15) is 0 Å². The van der Waals surface area contributed by atoms with E-state index in [1.807, 2.05) is 13.8 Å². The average molecular weight is 435 g/mol. The minimum absolute atomic E-state index is 0.00183. The van der Waals surface area contributed by atoms with Gasteiger partial charge in [0.2, 0.25) is 0 Å². The maximum atomic E-state index is 11.6. The highest BCUT2D eigenvalue weighted by atomic mass is 16.3. The fourth-order valence-corrected chi connectivity index (χ4v) is 8.62. The van der Waals surface area contributed by atoms with Crippen LogP contribution in [0, 0.1) is 40.4 Å². The molecule has 0 heterocycles. The second kappa shape index (κ2) is 8.11. The van der Waals surface area contributed by atoms with Crippen LogP contribution in [0.3, 0.4) is 0 Å². The van der Waals surface area contributed by atoms with E-state index in [-0.39, 0.29) is 29.0 Å². The Balaban J connectivity index is 1.57. The molecule has 4 N–H and O–H groups in total. The maximum absolute atomic E-state index is 11.6. The standard InChI is InChI=1S/C27H46O4/c1-16(7-6-11-25(2,3)31)19-8-9-20-24-21(15-23(30)27(19,20)5)26(4)12-10-18(28)13-17(26)14-22(24)29/h14,16,18-24,28-31H,6-13,15H2,1-5H3/t16-,18+,19-,20+,21+,22-,23+,24+,26+,27-/m1/s1. The van der Waals surface area contributed by atoms with Crippen LogP contribution in [-0.2, 0) is 0 Å². The molecule has 3 saturated carbocycles. The van der Waals surface area contributed by atoms with Gasteiger partial charge in [-0.15, -0.1) is 0 Å². The minimum Gasteiger partial charge on any atom is -0.393 e. The Morgan fingerprint density at radius 1 is 1.10 bits per heavy atom. The van der Waals surface area contributed by atoms with E-state index in [9.17, 15) is 20.4 Å². The predicted octanol–water partition coefficient (Wildman–Crippen LogP) is 4.45. The van der Waals surface area contributed by atoms with Crippen LogP contribution >= 0.6 is 0 Å². The van der Waals surface area contributed by atoms with Crippen molar-refractivity contribution >= 4 is 0 Å². The van der Waals surface area contributed by atoms with Gasteiger partial charge < -0.3 is 20.4 Å². The average Bonchev–Trinajstić information content (AvgIpc) is 3.01. The Morgan fingerprint density at radius 3 is 2.48 bits per heavy atom. The minimum atomic E-state index is -0.612. The van der Waals surface area contributed by atoms with Crippen LogP contribution in [0.1, 0.15) is 92.4 Å². The van der Waals surface area contributed by atoms with E-state index in [4.69, 9.17) is 0 Å². The molecule has 178 valence electrons. The molecule has 4 aliphatic rings. The first-order chi connectivity index (χ1) is 14.4. The van der Waals surface area contributed by atoms with E-state index in [0.29, 0.717) is 30.1 Å². The van der Waals surface area contributed by atoms with Gasteiger partial charge in [-0.3, -0.25) is 0 Å². The van der Waals surface area contributed by atoms with E-state index in [1.54, 1.807) is 0 Å². The fraction of sp³-hybridized carbons (Fsp3) is 0.926. The van der Waals surface area contributed by atoms with Crippen molar-refractivity contribution in [3.8, 4) is 0 Å². The highest BCUT2D eigenvalue weighted by Gasteiger charge is 2.64. The number of aliphatic hydroxyl groups is 4. The Hall–Kier alpha value is -0.420. The molecule has 0 aromatic carbocycles. The molecule has 4 nitrogen and oxygen atoms in total. The lowest BCUT2D eigenvalue weighted by molar-refractivity contribution is -0.158. The summed E-state index contributed by atoms with van der Waals surface area (Å²) >= 11 is 0. The molecule has 0 aromatic rings. The van der Waals surface area contributed by atoms with Crippen molar-refractivity contribution in [3.05, 3.63) is 11.6 Å². The van der Waals surface area contributed by atoms with E-state index < -0.39 is 11.7 Å². The molecular weight excluding hydrogens is 388 g/mol. The largest absolute Gasteiger partial charge is 0.393 e. The van der Waals surface area contributed by atoms with Crippen molar-refractivity contribution in [1.29, 1.82) is 0 Å². The van der Waals surface area contributed by atoms with Crippen molar-refractivity contribution in [1.82, 2.24) is 0 Å². The molecule has 0 unspecified atom stereocenters. The SMILES string of the molecule is C[C@H](CCCC(C)(C)O)[C@H]1CC[C@H]2[C@@H]3[C@H](O)C=C4C[C@@H](O)CC[C@]4(C)[C@H]3C[C@H](O)[C@]12C. The predicted molar refractivity (Wildman–Crippen MR) is 123 cm³/mol. The van der Waals surface area contributed by atoms with Crippen LogP contribution in [0.5, 0.6) is 0 Å². The Kier molecular flexibility index (Phi) is 6.21. The Morgan fingerprint density at radius 2 is 1.81 bits per heavy atom. The summed E-state index contributed by atoms with van der Waals surface area (Å²) in [5, 5.41) is 43.2. The van der Waals surface area contributed by atoms with Gasteiger partial charge in [0, 0.05) is 0 Å². The third-order valence-electron chi connectivity index (χ3n) is 10.4. The normalized spacial score (nSPS) is 48.4. The topological polar surface area (TPSA) is 80.9 Å². The lowest BCUT2D eigenvalue weighted by atomic mass is 9.45. The second-order valence-corrected chi connectivity index (χ2v) is 12.8. The van der Waals surface area contributed by atoms with Gasteiger partial charge in [0.1, 0.15) is 0 Å². The molecule has 4 aliphatic carbocycles. The molecule has 4 rings (SSSR count). The van der Waals surface area contributed by atoms with E-state index in [1.165, 1.54) is 5.57 Å². The van der Waals surface area contributed by atoms with E-state index in [2.05, 4.69) is 26.8 Å². The van der Waals surface area contributed by atoms with Crippen molar-refractivity contribution in [3.63, 3.8) is 0 Å². The zero-order valence-electron chi connectivity index (χ0n) is 20.3. The quantitative estimate of drug-likeness (QED) is 0.482. The van der Waals surface area contributed by atoms with Gasteiger partial charge in [-0.1, -0.05) is 45.3 Å². The smallest absolute Gasteiger partial charge is 0.0757 e. The lowest BCUT2D eigenvalue weighted by Gasteiger charge is -2.61. The second-order valence-electron chi connectivity index (χ2n) is 12.8. The van der Waals surface area contributed by atoms with Gasteiger partial charge in [-0.05, 0) is 99.2 Å². The summed E-state index contributed by atoms with van der Waals surface area (Å²) in [6, 6.07) is 0. The molecule has 0 amide bonds.